The summed E-state index contributed by atoms with van der Waals surface area (Å²) in [6.45, 7) is 25.3. The van der Waals surface area contributed by atoms with E-state index in [4.69, 9.17) is 23.9 Å². The molecule has 4 aromatic carbocycles. The Morgan fingerprint density at radius 3 is 1.41 bits per heavy atom. The average Bonchev–Trinajstić information content (AvgIpc) is 1.76. The molecule has 3 amide bonds. The van der Waals surface area contributed by atoms with Gasteiger partial charge in [-0.05, 0) is 236 Å². The van der Waals surface area contributed by atoms with Crippen LogP contribution in [0.4, 0.5) is 0 Å². The lowest BCUT2D eigenvalue weighted by Gasteiger charge is -2.27. The molecule has 638 valence electrons. The van der Waals surface area contributed by atoms with E-state index in [1.807, 2.05) is 106 Å². The van der Waals surface area contributed by atoms with Crippen molar-refractivity contribution in [1.82, 2.24) is 52.9 Å². The Kier molecular flexibility index (Phi) is 27.7. The van der Waals surface area contributed by atoms with Crippen molar-refractivity contribution in [3.05, 3.63) is 294 Å². The average molecular weight is 1660 g/mol. The second-order valence-electron chi connectivity index (χ2n) is 32.4. The van der Waals surface area contributed by atoms with Gasteiger partial charge in [0.05, 0.1) is 68.1 Å². The van der Waals surface area contributed by atoms with Gasteiger partial charge in [0.1, 0.15) is 44.8 Å². The second-order valence-corrected chi connectivity index (χ2v) is 32.4. The van der Waals surface area contributed by atoms with Crippen molar-refractivity contribution in [2.75, 3.05) is 79.4 Å². The number of aryl methyl sites for hydroxylation is 5. The van der Waals surface area contributed by atoms with E-state index in [2.05, 4.69) is 87.7 Å². The van der Waals surface area contributed by atoms with Crippen molar-refractivity contribution in [1.29, 1.82) is 0 Å². The Labute approximate surface area is 715 Å². The molecular weight excluding hydrogens is 1550 g/mol. The second kappa shape index (κ2) is 39.2. The first kappa shape index (κ1) is 87.0. The molecule has 2 aliphatic heterocycles. The van der Waals surface area contributed by atoms with Crippen LogP contribution in [-0.2, 0) is 105 Å². The van der Waals surface area contributed by atoms with E-state index in [0.717, 1.165) is 96.9 Å². The molecule has 2 fully saturated rings. The van der Waals surface area contributed by atoms with Gasteiger partial charge in [0.15, 0.2) is 5.78 Å². The molecule has 0 atom stereocenters. The summed E-state index contributed by atoms with van der Waals surface area (Å²) in [6.07, 6.45) is 20.7. The fourth-order valence-corrected chi connectivity index (χ4v) is 17.9. The fourth-order valence-electron chi connectivity index (χ4n) is 17.9. The molecule has 24 nitrogen and oxygen atoms in total. The minimum atomic E-state index is -0.666. The van der Waals surface area contributed by atoms with E-state index >= 15 is 0 Å². The fraction of sp³-hybridized carbons (Fsp3) is 0.384. The number of amides is 3. The Balaban J connectivity index is 0.000000134. The molecule has 12 aromatic rings. The minimum absolute atomic E-state index is 0.0413. The number of benzene rings is 4. The molecule has 0 unspecified atom stereocenters. The van der Waals surface area contributed by atoms with Gasteiger partial charge in [-0.15, -0.1) is 0 Å². The first-order valence-corrected chi connectivity index (χ1v) is 43.3. The molecule has 24 heteroatoms. The number of aromatic nitrogens is 8. The number of nitrogens with zero attached hydrogens (tertiary/aromatic N) is 11. The van der Waals surface area contributed by atoms with Crippen LogP contribution in [0.25, 0.3) is 44.0 Å². The largest absolute Gasteiger partial charge is 0.496 e. The zero-order chi connectivity index (χ0) is 86.7. The van der Waals surface area contributed by atoms with Gasteiger partial charge in [0, 0.05) is 131 Å². The van der Waals surface area contributed by atoms with E-state index in [0.29, 0.717) is 154 Å². The molecule has 2 saturated heterocycles. The first-order chi connectivity index (χ1) is 59.6. The summed E-state index contributed by atoms with van der Waals surface area (Å²) in [5.41, 5.74) is 17.1. The summed E-state index contributed by atoms with van der Waals surface area (Å²) in [5.74, 6) is 0.757. The summed E-state index contributed by atoms with van der Waals surface area (Å²) in [7, 11) is 1.57. The Bertz CT molecular complexity index is 6000. The van der Waals surface area contributed by atoms with Crippen molar-refractivity contribution >= 4 is 73.5 Å². The molecule has 5 aliphatic rings. The van der Waals surface area contributed by atoms with Crippen LogP contribution in [0.1, 0.15) is 167 Å². The number of ether oxygens (including phenoxy) is 4. The number of carbonyl (C=O) groups excluding carboxylic acids is 5. The Morgan fingerprint density at radius 2 is 0.911 bits per heavy atom. The van der Waals surface area contributed by atoms with E-state index in [1.165, 1.54) is 39.6 Å². The highest BCUT2D eigenvalue weighted by Gasteiger charge is 2.31. The van der Waals surface area contributed by atoms with Gasteiger partial charge in [-0.25, -0.2) is 19.7 Å². The molecule has 0 spiro atoms. The topological polar surface area (TPSA) is 272 Å². The molecule has 0 saturated carbocycles. The van der Waals surface area contributed by atoms with Crippen LogP contribution in [0.5, 0.6) is 5.75 Å². The maximum atomic E-state index is 13.3. The van der Waals surface area contributed by atoms with Gasteiger partial charge in [-0.2, -0.15) is 0 Å². The number of hydrogen-bond acceptors (Lipinski definition) is 17. The van der Waals surface area contributed by atoms with Crippen LogP contribution >= 0.6 is 0 Å². The number of ketones is 1. The highest BCUT2D eigenvalue weighted by molar-refractivity contribution is 6.01. The van der Waals surface area contributed by atoms with Crippen LogP contribution < -0.4 is 26.5 Å². The third-order valence-electron chi connectivity index (χ3n) is 24.6. The number of carbonyl (C=O) groups is 5. The Morgan fingerprint density at radius 1 is 0.463 bits per heavy atom. The van der Waals surface area contributed by atoms with E-state index < -0.39 is 11.4 Å². The maximum Gasteiger partial charge on any atom is 0.343 e. The molecule has 3 aliphatic carbocycles. The number of methoxy groups -OCH3 is 1. The summed E-state index contributed by atoms with van der Waals surface area (Å²) in [5, 5.41) is 1.42. The molecule has 17 rings (SSSR count). The van der Waals surface area contributed by atoms with E-state index in [9.17, 15) is 43.2 Å². The summed E-state index contributed by atoms with van der Waals surface area (Å²) >= 11 is 0. The molecule has 123 heavy (non-hydrogen) atoms. The highest BCUT2D eigenvalue weighted by atomic mass is 16.5. The number of Topliss-reactive ketones (excluding diaryl/α,β-unsaturated/α-hetero) is 1. The first-order valence-electron chi connectivity index (χ1n) is 43.3. The van der Waals surface area contributed by atoms with Gasteiger partial charge in [-0.1, -0.05) is 72.8 Å². The number of pyridine rings is 8. The van der Waals surface area contributed by atoms with Gasteiger partial charge >= 0.3 is 5.97 Å². The molecule has 0 bridgehead atoms. The minimum Gasteiger partial charge on any atom is -0.496 e. The number of rotatable bonds is 21. The Hall–Kier alpha value is -12.4. The van der Waals surface area contributed by atoms with Crippen molar-refractivity contribution in [2.24, 2.45) is 17.8 Å². The predicted octanol–water partition coefficient (Wildman–Crippen LogP) is 13.2. The monoisotopic (exact) mass is 1660 g/mol. The van der Waals surface area contributed by atoms with Crippen LogP contribution in [0.15, 0.2) is 178 Å². The SMILES string of the molecule is CCN(CC)C(=O)c1cn(CC)c2ncc(CC3Cc4ccccc4C3)cc2c1=O.CCOC(=O)c1cn(CC)c2ncc(CC(=O)c3cc(C)c(C)c(OC)c3)cc2c1=O.CCn1cc(C(=O)N2CCOCC2)c(=O)c2cc(CC3Cc4ccccc4C3)ncc21.CCn1cc(C(=O)N2CCOCC2)c(=O)c2nc(CC3Cc4ccccc4C3)ccc21. The quantitative estimate of drug-likeness (QED) is 0.0477. The summed E-state index contributed by atoms with van der Waals surface area (Å²) in [4.78, 5) is 141. The third kappa shape index (κ3) is 19.1. The predicted molar refractivity (Wildman–Crippen MR) is 477 cm³/mol. The standard InChI is InChI=1S/2C25H27N3O3.C25H29N3O2.C24H26N2O5/c1-2-27-16-22(25(30)28-7-9-31-10-8-28)24(29)21-14-20(26-15-23(21)27)13-17-11-18-5-3-4-6-19(18)12-17;1-2-27-16-21(25(30)28-9-11-31-12-10-28)24(29)23-22(27)8-7-20(26-23)15-17-13-18-5-3-4-6-19(18)14-17;1-4-27(5-2)25(30)22-16-28(6-3)24-21(23(22)29)14-18(15-26-24)11-17-12-19-9-7-8-10-20(19)13-17;1-6-26-13-19(24(29)31-7-2)22(28)18-9-16(12-25-23(18)26)10-20(27)17-8-14(3)15(4)21(11-17)30-5/h3-6,14-17H,2,7-13H2,1H3;3-8,16-17H,2,9-15H2,1H3;7-10,14-17H,4-6,11-13H2,1-3H3;8-9,11-13H,6-7,10H2,1-5H3. The number of fused-ring (bicyclic) bond motifs is 7. The highest BCUT2D eigenvalue weighted by Crippen LogP contribution is 2.34. The number of morpholine rings is 2. The lowest BCUT2D eigenvalue weighted by Crippen LogP contribution is -2.42. The maximum absolute atomic E-state index is 13.3. The van der Waals surface area contributed by atoms with Crippen LogP contribution in [-0.4, -0.2) is 162 Å². The van der Waals surface area contributed by atoms with E-state index in [-0.39, 0.29) is 80.5 Å². The number of hydrogen-bond donors (Lipinski definition) is 0. The zero-order valence-electron chi connectivity index (χ0n) is 72.1. The van der Waals surface area contributed by atoms with Crippen LogP contribution in [0.2, 0.25) is 0 Å². The number of esters is 1. The molecule has 10 heterocycles. The van der Waals surface area contributed by atoms with Crippen molar-refractivity contribution in [3.63, 3.8) is 0 Å². The van der Waals surface area contributed by atoms with Gasteiger partial charge < -0.3 is 51.9 Å². The van der Waals surface area contributed by atoms with Gasteiger partial charge in [0.25, 0.3) is 17.7 Å². The zero-order valence-corrected chi connectivity index (χ0v) is 72.1. The van der Waals surface area contributed by atoms with Gasteiger partial charge in [0.2, 0.25) is 21.7 Å². The van der Waals surface area contributed by atoms with Crippen molar-refractivity contribution < 1.29 is 42.9 Å². The summed E-state index contributed by atoms with van der Waals surface area (Å²) < 4.78 is 28.6. The summed E-state index contributed by atoms with van der Waals surface area (Å²) in [6, 6.07) is 38.8. The van der Waals surface area contributed by atoms with Crippen LogP contribution in [0, 0.1) is 31.6 Å². The third-order valence-corrected chi connectivity index (χ3v) is 24.6. The molecular formula is C99H109N11O13. The van der Waals surface area contributed by atoms with Gasteiger partial charge in [-0.3, -0.25) is 43.3 Å². The molecule has 0 radical (unpaired) electrons. The van der Waals surface area contributed by atoms with Crippen molar-refractivity contribution in [2.45, 2.75) is 153 Å². The lowest BCUT2D eigenvalue weighted by molar-refractivity contribution is 0.0300. The smallest absolute Gasteiger partial charge is 0.343 e. The van der Waals surface area contributed by atoms with E-state index in [1.54, 1.807) is 76.4 Å². The van der Waals surface area contributed by atoms with Crippen molar-refractivity contribution in [3.8, 4) is 5.75 Å². The molecule has 8 aromatic heterocycles. The molecule has 0 N–H and O–H groups in total. The lowest BCUT2D eigenvalue weighted by atomic mass is 9.97. The normalized spacial score (nSPS) is 14.4. The van der Waals surface area contributed by atoms with Crippen LogP contribution in [0.3, 0.4) is 0 Å².